The van der Waals surface area contributed by atoms with Crippen molar-refractivity contribution in [1.29, 1.82) is 0 Å². The molecule has 1 N–H and O–H groups in total. The third kappa shape index (κ3) is 2.20. The number of ether oxygens (including phenoxy) is 1. The molecule has 4 nitrogen and oxygen atoms in total. The van der Waals surface area contributed by atoms with Gasteiger partial charge in [-0.25, -0.2) is 4.79 Å². The maximum atomic E-state index is 12.2. The SMILES string of the molecule is CCc1cc(CC)c2oc(=O)c(C3=CCCO3)c(O)c2c1. The van der Waals surface area contributed by atoms with Crippen LogP contribution in [0.25, 0.3) is 16.7 Å². The van der Waals surface area contributed by atoms with E-state index in [9.17, 15) is 9.90 Å². The maximum absolute atomic E-state index is 12.2. The van der Waals surface area contributed by atoms with Gasteiger partial charge >= 0.3 is 5.63 Å². The third-order valence-corrected chi connectivity index (χ3v) is 3.86. The fraction of sp³-hybridized carbons (Fsp3) is 0.353. The first kappa shape index (κ1) is 13.7. The summed E-state index contributed by atoms with van der Waals surface area (Å²) in [5.74, 6) is 0.377. The summed E-state index contributed by atoms with van der Waals surface area (Å²) in [7, 11) is 0. The van der Waals surface area contributed by atoms with E-state index in [1.54, 1.807) is 0 Å². The summed E-state index contributed by atoms with van der Waals surface area (Å²) in [5.41, 5.74) is 2.10. The van der Waals surface area contributed by atoms with Crippen molar-refractivity contribution < 1.29 is 14.3 Å². The molecule has 21 heavy (non-hydrogen) atoms. The summed E-state index contributed by atoms with van der Waals surface area (Å²) in [5, 5.41) is 11.1. The molecule has 0 amide bonds. The summed E-state index contributed by atoms with van der Waals surface area (Å²) in [4.78, 5) is 12.2. The molecule has 3 rings (SSSR count). The molecular formula is C17H18O4. The minimum absolute atomic E-state index is 0.0422. The van der Waals surface area contributed by atoms with Crippen LogP contribution >= 0.6 is 0 Å². The Hall–Kier alpha value is -2.23. The zero-order valence-electron chi connectivity index (χ0n) is 12.2. The van der Waals surface area contributed by atoms with E-state index in [0.717, 1.165) is 30.4 Å². The standard InChI is InChI=1S/C17H18O4/c1-3-10-8-11(4-2)16-12(9-10)15(18)14(17(19)21-16)13-6-5-7-20-13/h6,8-9,18H,3-5,7H2,1-2H3. The Morgan fingerprint density at radius 1 is 1.24 bits per heavy atom. The smallest absolute Gasteiger partial charge is 0.351 e. The Kier molecular flexibility index (Phi) is 3.45. The van der Waals surface area contributed by atoms with Gasteiger partial charge in [0.25, 0.3) is 0 Å². The lowest BCUT2D eigenvalue weighted by atomic mass is 10.0. The first-order valence-electron chi connectivity index (χ1n) is 7.30. The normalized spacial score (nSPS) is 14.3. The van der Waals surface area contributed by atoms with Gasteiger partial charge in [0.1, 0.15) is 22.7 Å². The molecule has 0 atom stereocenters. The lowest BCUT2D eigenvalue weighted by Crippen LogP contribution is -2.08. The van der Waals surface area contributed by atoms with Gasteiger partial charge in [-0.3, -0.25) is 0 Å². The van der Waals surface area contributed by atoms with Gasteiger partial charge in [0, 0.05) is 6.42 Å². The molecular weight excluding hydrogens is 268 g/mol. The Balaban J connectivity index is 2.35. The minimum Gasteiger partial charge on any atom is -0.506 e. The molecule has 2 heterocycles. The third-order valence-electron chi connectivity index (χ3n) is 3.86. The number of fused-ring (bicyclic) bond motifs is 1. The average Bonchev–Trinajstić information content (AvgIpc) is 3.00. The molecule has 110 valence electrons. The molecule has 1 aliphatic rings. The molecule has 2 aromatic rings. The second-order valence-corrected chi connectivity index (χ2v) is 5.16. The second-order valence-electron chi connectivity index (χ2n) is 5.16. The van der Waals surface area contributed by atoms with Crippen molar-refractivity contribution in [2.24, 2.45) is 0 Å². The molecule has 0 spiro atoms. The van der Waals surface area contributed by atoms with Crippen LogP contribution in [0.3, 0.4) is 0 Å². The van der Waals surface area contributed by atoms with Gasteiger partial charge in [-0.05, 0) is 36.1 Å². The number of hydrogen-bond donors (Lipinski definition) is 1. The number of rotatable bonds is 3. The van der Waals surface area contributed by atoms with Gasteiger partial charge in [0.2, 0.25) is 0 Å². The Labute approximate surface area is 122 Å². The van der Waals surface area contributed by atoms with Crippen molar-refractivity contribution in [3.63, 3.8) is 0 Å². The van der Waals surface area contributed by atoms with Crippen LogP contribution in [0.5, 0.6) is 5.75 Å². The molecule has 1 aliphatic heterocycles. The van der Waals surface area contributed by atoms with Crippen LogP contribution in [0.15, 0.2) is 27.4 Å². The van der Waals surface area contributed by atoms with E-state index in [-0.39, 0.29) is 11.3 Å². The van der Waals surface area contributed by atoms with E-state index in [0.29, 0.717) is 23.3 Å². The molecule has 0 saturated heterocycles. The summed E-state index contributed by atoms with van der Waals surface area (Å²) in [6.07, 6.45) is 4.14. The van der Waals surface area contributed by atoms with Gasteiger partial charge in [-0.2, -0.15) is 0 Å². The fourth-order valence-corrected chi connectivity index (χ4v) is 2.70. The number of aryl methyl sites for hydroxylation is 2. The van der Waals surface area contributed by atoms with Gasteiger partial charge in [0.05, 0.1) is 12.0 Å². The van der Waals surface area contributed by atoms with Crippen LogP contribution in [0, 0.1) is 0 Å². The monoisotopic (exact) mass is 286 g/mol. The predicted octanol–water partition coefficient (Wildman–Crippen LogP) is 3.38. The van der Waals surface area contributed by atoms with Crippen molar-refractivity contribution in [2.75, 3.05) is 6.61 Å². The van der Waals surface area contributed by atoms with Gasteiger partial charge in [-0.15, -0.1) is 0 Å². The zero-order valence-corrected chi connectivity index (χ0v) is 12.2. The first-order valence-corrected chi connectivity index (χ1v) is 7.30. The highest BCUT2D eigenvalue weighted by Gasteiger charge is 2.22. The van der Waals surface area contributed by atoms with E-state index < -0.39 is 5.63 Å². The predicted molar refractivity (Wildman–Crippen MR) is 81.5 cm³/mol. The molecule has 0 saturated carbocycles. The van der Waals surface area contributed by atoms with Crippen molar-refractivity contribution in [1.82, 2.24) is 0 Å². The van der Waals surface area contributed by atoms with Crippen LogP contribution in [0.2, 0.25) is 0 Å². The molecule has 0 unspecified atom stereocenters. The van der Waals surface area contributed by atoms with Crippen molar-refractivity contribution in [3.8, 4) is 5.75 Å². The number of hydrogen-bond acceptors (Lipinski definition) is 4. The molecule has 0 bridgehead atoms. The van der Waals surface area contributed by atoms with Gasteiger partial charge < -0.3 is 14.3 Å². The lowest BCUT2D eigenvalue weighted by molar-refractivity contribution is 0.304. The lowest BCUT2D eigenvalue weighted by Gasteiger charge is -2.11. The first-order chi connectivity index (χ1) is 10.2. The van der Waals surface area contributed by atoms with E-state index in [1.165, 1.54) is 0 Å². The molecule has 4 heteroatoms. The summed E-state index contributed by atoms with van der Waals surface area (Å²) >= 11 is 0. The highest BCUT2D eigenvalue weighted by atomic mass is 16.5. The van der Waals surface area contributed by atoms with E-state index >= 15 is 0 Å². The zero-order chi connectivity index (χ0) is 15.0. The van der Waals surface area contributed by atoms with E-state index in [4.69, 9.17) is 9.15 Å². The van der Waals surface area contributed by atoms with E-state index in [2.05, 4.69) is 6.92 Å². The van der Waals surface area contributed by atoms with Crippen LogP contribution in [-0.2, 0) is 17.6 Å². The Morgan fingerprint density at radius 3 is 2.67 bits per heavy atom. The summed E-state index contributed by atoms with van der Waals surface area (Å²) in [6.45, 7) is 4.59. The number of aromatic hydroxyl groups is 1. The average molecular weight is 286 g/mol. The largest absolute Gasteiger partial charge is 0.506 e. The van der Waals surface area contributed by atoms with Gasteiger partial charge in [-0.1, -0.05) is 19.9 Å². The van der Waals surface area contributed by atoms with Crippen molar-refractivity contribution >= 4 is 16.7 Å². The van der Waals surface area contributed by atoms with E-state index in [1.807, 2.05) is 25.1 Å². The molecule has 0 fully saturated rings. The quantitative estimate of drug-likeness (QED) is 0.879. The van der Waals surface area contributed by atoms with Crippen LogP contribution in [-0.4, -0.2) is 11.7 Å². The highest BCUT2D eigenvalue weighted by molar-refractivity contribution is 5.90. The maximum Gasteiger partial charge on any atom is 0.351 e. The Bertz CT molecular complexity index is 783. The summed E-state index contributed by atoms with van der Waals surface area (Å²) < 4.78 is 10.9. The van der Waals surface area contributed by atoms with Crippen LogP contribution in [0.1, 0.15) is 37.0 Å². The van der Waals surface area contributed by atoms with Crippen LogP contribution < -0.4 is 5.63 Å². The van der Waals surface area contributed by atoms with Crippen molar-refractivity contribution in [3.05, 3.63) is 45.3 Å². The van der Waals surface area contributed by atoms with Crippen molar-refractivity contribution in [2.45, 2.75) is 33.1 Å². The Morgan fingerprint density at radius 2 is 2.05 bits per heavy atom. The summed E-state index contributed by atoms with van der Waals surface area (Å²) in [6, 6.07) is 3.90. The van der Waals surface area contributed by atoms with Crippen LogP contribution in [0.4, 0.5) is 0 Å². The highest BCUT2D eigenvalue weighted by Crippen LogP contribution is 2.35. The van der Waals surface area contributed by atoms with Gasteiger partial charge in [0.15, 0.2) is 0 Å². The fourth-order valence-electron chi connectivity index (χ4n) is 2.70. The molecule has 0 radical (unpaired) electrons. The second kappa shape index (κ2) is 5.28. The topological polar surface area (TPSA) is 59.7 Å². The number of benzene rings is 1. The minimum atomic E-state index is -0.549. The molecule has 1 aromatic carbocycles. The molecule has 0 aliphatic carbocycles. The molecule has 1 aromatic heterocycles.